The van der Waals surface area contributed by atoms with Crippen LogP contribution in [0.2, 0.25) is 0 Å². The molecule has 1 aromatic carbocycles. The number of benzene rings is 1. The van der Waals surface area contributed by atoms with Gasteiger partial charge in [-0.05, 0) is 17.7 Å². The van der Waals surface area contributed by atoms with Gasteiger partial charge in [-0.25, -0.2) is 0 Å². The number of methoxy groups -OCH3 is 1. The normalized spacial score (nSPS) is 10.5. The van der Waals surface area contributed by atoms with Gasteiger partial charge in [0.05, 0.1) is 7.11 Å². The summed E-state index contributed by atoms with van der Waals surface area (Å²) in [5, 5.41) is 0.148. The lowest BCUT2D eigenvalue weighted by atomic mass is 10.2. The molecule has 0 atom stereocenters. The van der Waals surface area contributed by atoms with Crippen LogP contribution in [0.25, 0.3) is 6.08 Å². The Bertz CT molecular complexity index is 341. The second kappa shape index (κ2) is 6.30. The molecular weight excluding hydrogens is 208 g/mol. The molecule has 0 aliphatic heterocycles. The van der Waals surface area contributed by atoms with E-state index in [9.17, 15) is 4.79 Å². The number of rotatable bonds is 4. The summed E-state index contributed by atoms with van der Waals surface area (Å²) in [4.78, 5) is 10.7. The minimum atomic E-state index is 0.148. The van der Waals surface area contributed by atoms with Crippen molar-refractivity contribution in [1.82, 2.24) is 0 Å². The van der Waals surface area contributed by atoms with Crippen molar-refractivity contribution in [3.05, 3.63) is 35.9 Å². The molecule has 0 N–H and O–H groups in total. The Kier molecular flexibility index (Phi) is 4.98. The first-order chi connectivity index (χ1) is 7.22. The third-order valence-electron chi connectivity index (χ3n) is 1.81. The molecule has 2 nitrogen and oxygen atoms in total. The Hall–Kier alpha value is -1.22. The number of thioether (sulfide) groups is 1. The Morgan fingerprint density at radius 1 is 1.40 bits per heavy atom. The van der Waals surface area contributed by atoms with Crippen molar-refractivity contribution in [3.8, 4) is 5.75 Å². The fourth-order valence-corrected chi connectivity index (χ4v) is 1.49. The van der Waals surface area contributed by atoms with Crippen LogP contribution >= 0.6 is 11.8 Å². The summed E-state index contributed by atoms with van der Waals surface area (Å²) in [6, 6.07) is 7.79. The van der Waals surface area contributed by atoms with Crippen molar-refractivity contribution in [2.75, 3.05) is 12.9 Å². The smallest absolute Gasteiger partial charge is 0.186 e. The molecule has 0 aliphatic carbocycles. The molecule has 0 aliphatic rings. The van der Waals surface area contributed by atoms with Gasteiger partial charge in [0.1, 0.15) is 5.75 Å². The predicted molar refractivity (Wildman–Crippen MR) is 65.2 cm³/mol. The summed E-state index contributed by atoms with van der Waals surface area (Å²) in [6.45, 7) is 1.58. The first kappa shape index (κ1) is 11.9. The van der Waals surface area contributed by atoms with Crippen LogP contribution in [0.15, 0.2) is 30.3 Å². The number of carbonyl (C=O) groups is 1. The first-order valence-electron chi connectivity index (χ1n) is 4.66. The van der Waals surface area contributed by atoms with Crippen LogP contribution in [0.5, 0.6) is 5.75 Å². The molecule has 0 radical (unpaired) electrons. The summed E-state index contributed by atoms with van der Waals surface area (Å²) in [5.41, 5.74) is 1.11. The van der Waals surface area contributed by atoms with Crippen molar-refractivity contribution in [2.45, 2.75) is 6.92 Å². The number of ether oxygens (including phenoxy) is 1. The molecule has 0 spiro atoms. The van der Waals surface area contributed by atoms with Crippen LogP contribution in [0, 0.1) is 0 Å². The molecule has 0 heterocycles. The average Bonchev–Trinajstić information content (AvgIpc) is 2.25. The molecule has 0 bridgehead atoms. The lowest BCUT2D eigenvalue weighted by Gasteiger charge is -1.98. The van der Waals surface area contributed by atoms with Crippen LogP contribution in [-0.4, -0.2) is 18.0 Å². The molecule has 1 rings (SSSR count). The van der Waals surface area contributed by atoms with Crippen LogP contribution < -0.4 is 4.74 Å². The largest absolute Gasteiger partial charge is 0.497 e. The predicted octanol–water partition coefficient (Wildman–Crippen LogP) is 2.99. The Morgan fingerprint density at radius 2 is 2.07 bits per heavy atom. The summed E-state index contributed by atoms with van der Waals surface area (Å²) < 4.78 is 5.05. The quantitative estimate of drug-likeness (QED) is 0.783. The highest BCUT2D eigenvalue weighted by Crippen LogP contribution is 2.12. The highest BCUT2D eigenvalue weighted by atomic mass is 32.2. The maximum atomic E-state index is 10.7. The number of hydrogen-bond donors (Lipinski definition) is 0. The van der Waals surface area contributed by atoms with Gasteiger partial charge in [0.15, 0.2) is 5.12 Å². The van der Waals surface area contributed by atoms with Crippen LogP contribution in [0.4, 0.5) is 0 Å². The van der Waals surface area contributed by atoms with E-state index < -0.39 is 0 Å². The van der Waals surface area contributed by atoms with E-state index >= 15 is 0 Å². The molecule has 15 heavy (non-hydrogen) atoms. The van der Waals surface area contributed by atoms with Crippen molar-refractivity contribution in [1.29, 1.82) is 0 Å². The van der Waals surface area contributed by atoms with Gasteiger partial charge in [-0.1, -0.05) is 36.0 Å². The van der Waals surface area contributed by atoms with E-state index in [1.807, 2.05) is 36.4 Å². The van der Waals surface area contributed by atoms with E-state index in [4.69, 9.17) is 4.74 Å². The summed E-state index contributed by atoms with van der Waals surface area (Å²) in [6.07, 6.45) is 3.98. The van der Waals surface area contributed by atoms with Crippen LogP contribution in [0.3, 0.4) is 0 Å². The Labute approximate surface area is 94.3 Å². The van der Waals surface area contributed by atoms with Gasteiger partial charge in [0, 0.05) is 12.7 Å². The van der Waals surface area contributed by atoms with E-state index in [1.165, 1.54) is 11.8 Å². The summed E-state index contributed by atoms with van der Waals surface area (Å²) >= 11 is 1.31. The monoisotopic (exact) mass is 222 g/mol. The standard InChI is InChI=1S/C12H14O2S/c1-10(13)15-9-3-4-11-5-7-12(14-2)8-6-11/h3-8H,9H2,1-2H3. The van der Waals surface area contributed by atoms with Gasteiger partial charge in [-0.3, -0.25) is 4.79 Å². The van der Waals surface area contributed by atoms with Gasteiger partial charge in [-0.15, -0.1) is 0 Å². The maximum Gasteiger partial charge on any atom is 0.186 e. The molecule has 0 aromatic heterocycles. The molecule has 0 saturated carbocycles. The topological polar surface area (TPSA) is 26.3 Å². The van der Waals surface area contributed by atoms with Crippen molar-refractivity contribution in [2.24, 2.45) is 0 Å². The first-order valence-corrected chi connectivity index (χ1v) is 5.65. The second-order valence-corrected chi connectivity index (χ2v) is 4.18. The third kappa shape index (κ3) is 4.70. The molecule has 80 valence electrons. The van der Waals surface area contributed by atoms with Gasteiger partial charge >= 0.3 is 0 Å². The molecule has 3 heteroatoms. The van der Waals surface area contributed by atoms with E-state index in [2.05, 4.69) is 0 Å². The zero-order valence-corrected chi connectivity index (χ0v) is 9.71. The highest BCUT2D eigenvalue weighted by molar-refractivity contribution is 8.13. The van der Waals surface area contributed by atoms with Gasteiger partial charge in [-0.2, -0.15) is 0 Å². The van der Waals surface area contributed by atoms with Crippen molar-refractivity contribution in [3.63, 3.8) is 0 Å². The third-order valence-corrected chi connectivity index (χ3v) is 2.57. The number of hydrogen-bond acceptors (Lipinski definition) is 3. The maximum absolute atomic E-state index is 10.7. The lowest BCUT2D eigenvalue weighted by molar-refractivity contribution is -0.109. The van der Waals surface area contributed by atoms with Gasteiger partial charge in [0.2, 0.25) is 0 Å². The fourth-order valence-electron chi connectivity index (χ4n) is 1.06. The number of carbonyl (C=O) groups excluding carboxylic acids is 1. The molecule has 0 unspecified atom stereocenters. The van der Waals surface area contributed by atoms with Gasteiger partial charge in [0.25, 0.3) is 0 Å². The zero-order valence-electron chi connectivity index (χ0n) is 8.90. The van der Waals surface area contributed by atoms with Crippen LogP contribution in [0.1, 0.15) is 12.5 Å². The summed E-state index contributed by atoms with van der Waals surface area (Å²) in [7, 11) is 1.65. The minimum Gasteiger partial charge on any atom is -0.497 e. The van der Waals surface area contributed by atoms with E-state index in [-0.39, 0.29) is 5.12 Å². The lowest BCUT2D eigenvalue weighted by Crippen LogP contribution is -1.83. The minimum absolute atomic E-state index is 0.148. The van der Waals surface area contributed by atoms with E-state index in [0.717, 1.165) is 17.1 Å². The van der Waals surface area contributed by atoms with E-state index in [0.29, 0.717) is 0 Å². The molecule has 0 saturated heterocycles. The molecular formula is C12H14O2S. The second-order valence-electron chi connectivity index (χ2n) is 2.98. The fraction of sp³-hybridized carbons (Fsp3) is 0.250. The highest BCUT2D eigenvalue weighted by Gasteiger charge is 1.91. The average molecular weight is 222 g/mol. The van der Waals surface area contributed by atoms with Crippen molar-refractivity contribution < 1.29 is 9.53 Å². The van der Waals surface area contributed by atoms with Crippen LogP contribution in [-0.2, 0) is 4.79 Å². The molecule has 0 amide bonds. The van der Waals surface area contributed by atoms with Crippen molar-refractivity contribution >= 4 is 23.0 Å². The zero-order chi connectivity index (χ0) is 11.1. The molecule has 1 aromatic rings. The van der Waals surface area contributed by atoms with E-state index in [1.54, 1.807) is 14.0 Å². The Morgan fingerprint density at radius 3 is 2.60 bits per heavy atom. The summed E-state index contributed by atoms with van der Waals surface area (Å²) in [5.74, 6) is 1.58. The molecule has 0 fully saturated rings. The van der Waals surface area contributed by atoms with Gasteiger partial charge < -0.3 is 4.74 Å². The SMILES string of the molecule is COc1ccc(C=CCSC(C)=O)cc1. The Balaban J connectivity index is 2.46.